The maximum atomic E-state index is 5.76. The van der Waals surface area contributed by atoms with Crippen molar-refractivity contribution in [2.24, 2.45) is 0 Å². The molecule has 0 saturated carbocycles. The smallest absolute Gasteiger partial charge is 0.331 e. The molecule has 0 radical (unpaired) electrons. The van der Waals surface area contributed by atoms with E-state index in [1.54, 1.807) is 28.4 Å². The van der Waals surface area contributed by atoms with Crippen molar-refractivity contribution in [3.8, 4) is 0 Å². The van der Waals surface area contributed by atoms with Crippen LogP contribution in [0.3, 0.4) is 0 Å². The number of ether oxygens (including phenoxy) is 4. The first-order valence-electron chi connectivity index (χ1n) is 11.0. The SMILES string of the molecule is COC(OC)[C@H](Nn1c([C@H](C)OC)n[n+](Cc2ccccc2)c1[C@H](C)OC)c1ccccc1.[Br-]. The first-order valence-corrected chi connectivity index (χ1v) is 11.0. The molecule has 0 spiro atoms. The lowest BCUT2D eigenvalue weighted by Crippen LogP contribution is -3.00. The van der Waals surface area contributed by atoms with Gasteiger partial charge in [-0.15, -0.1) is 9.36 Å². The van der Waals surface area contributed by atoms with Gasteiger partial charge in [-0.3, -0.25) is 0 Å². The summed E-state index contributed by atoms with van der Waals surface area (Å²) in [5, 5.41) is 4.93. The van der Waals surface area contributed by atoms with Crippen LogP contribution in [-0.4, -0.2) is 44.5 Å². The molecule has 0 aliphatic rings. The van der Waals surface area contributed by atoms with E-state index in [9.17, 15) is 0 Å². The molecule has 1 aromatic heterocycles. The van der Waals surface area contributed by atoms with Gasteiger partial charge in [0.2, 0.25) is 0 Å². The number of benzene rings is 2. The van der Waals surface area contributed by atoms with Gasteiger partial charge < -0.3 is 35.9 Å². The van der Waals surface area contributed by atoms with Gasteiger partial charge in [0.1, 0.15) is 18.7 Å². The first-order chi connectivity index (χ1) is 16.0. The third kappa shape index (κ3) is 6.43. The Kier molecular flexibility index (Phi) is 11.1. The van der Waals surface area contributed by atoms with E-state index in [4.69, 9.17) is 24.0 Å². The van der Waals surface area contributed by atoms with E-state index in [-0.39, 0.29) is 35.2 Å². The minimum atomic E-state index is -0.534. The van der Waals surface area contributed by atoms with Gasteiger partial charge >= 0.3 is 5.82 Å². The maximum Gasteiger partial charge on any atom is 0.331 e. The fraction of sp³-hybridized carbons (Fsp3) is 0.440. The highest BCUT2D eigenvalue weighted by Crippen LogP contribution is 2.25. The maximum absolute atomic E-state index is 5.76. The van der Waals surface area contributed by atoms with Crippen molar-refractivity contribution >= 4 is 0 Å². The molecule has 0 amide bonds. The average Bonchev–Trinajstić information content (AvgIpc) is 3.21. The van der Waals surface area contributed by atoms with Crippen molar-refractivity contribution in [3.63, 3.8) is 0 Å². The Morgan fingerprint density at radius 3 is 1.91 bits per heavy atom. The van der Waals surface area contributed by atoms with Crippen LogP contribution in [0.4, 0.5) is 0 Å². The van der Waals surface area contributed by atoms with Gasteiger partial charge in [-0.1, -0.05) is 60.7 Å². The summed E-state index contributed by atoms with van der Waals surface area (Å²) in [4.78, 5) is 0. The van der Waals surface area contributed by atoms with Crippen LogP contribution in [0.5, 0.6) is 0 Å². The van der Waals surface area contributed by atoms with Gasteiger partial charge in [-0.05, 0) is 30.1 Å². The van der Waals surface area contributed by atoms with Crippen LogP contribution in [-0.2, 0) is 25.5 Å². The molecule has 0 bridgehead atoms. The van der Waals surface area contributed by atoms with E-state index >= 15 is 0 Å². The van der Waals surface area contributed by atoms with E-state index < -0.39 is 6.29 Å². The molecule has 0 aliphatic heterocycles. The number of hydrogen-bond donors (Lipinski definition) is 1. The second-order valence-corrected chi connectivity index (χ2v) is 7.81. The van der Waals surface area contributed by atoms with Gasteiger partial charge in [0.25, 0.3) is 5.82 Å². The summed E-state index contributed by atoms with van der Waals surface area (Å²) in [6, 6.07) is 20.0. The van der Waals surface area contributed by atoms with Crippen LogP contribution >= 0.6 is 0 Å². The van der Waals surface area contributed by atoms with Crippen molar-refractivity contribution in [1.29, 1.82) is 0 Å². The van der Waals surface area contributed by atoms with Crippen LogP contribution in [0.1, 0.15) is 54.9 Å². The quantitative estimate of drug-likeness (QED) is 0.270. The summed E-state index contributed by atoms with van der Waals surface area (Å²) >= 11 is 0. The number of rotatable bonds is 12. The molecule has 1 heterocycles. The zero-order chi connectivity index (χ0) is 23.8. The summed E-state index contributed by atoms with van der Waals surface area (Å²) in [5.74, 6) is 1.58. The Labute approximate surface area is 212 Å². The summed E-state index contributed by atoms with van der Waals surface area (Å²) in [5.41, 5.74) is 5.75. The van der Waals surface area contributed by atoms with Gasteiger partial charge in [0.05, 0.1) is 0 Å². The predicted octanol–water partition coefficient (Wildman–Crippen LogP) is 0.541. The molecule has 0 unspecified atom stereocenters. The summed E-state index contributed by atoms with van der Waals surface area (Å²) < 4.78 is 26.6. The molecule has 0 fully saturated rings. The third-order valence-electron chi connectivity index (χ3n) is 5.72. The first kappa shape index (κ1) is 27.9. The molecular formula is C25H35BrN4O4. The molecule has 34 heavy (non-hydrogen) atoms. The van der Waals surface area contributed by atoms with E-state index in [1.165, 1.54) is 0 Å². The van der Waals surface area contributed by atoms with Gasteiger partial charge in [0, 0.05) is 28.4 Å². The van der Waals surface area contributed by atoms with E-state index in [1.807, 2.05) is 71.7 Å². The molecule has 0 saturated heterocycles. The Bertz CT molecular complexity index is 983. The molecule has 186 valence electrons. The molecule has 2 aromatic carbocycles. The minimum absolute atomic E-state index is 0. The zero-order valence-corrected chi connectivity index (χ0v) is 22.2. The van der Waals surface area contributed by atoms with Crippen molar-refractivity contribution in [2.75, 3.05) is 33.9 Å². The highest BCUT2D eigenvalue weighted by molar-refractivity contribution is 5.23. The average molecular weight is 535 g/mol. The highest BCUT2D eigenvalue weighted by atomic mass is 79.9. The van der Waals surface area contributed by atoms with Crippen molar-refractivity contribution in [3.05, 3.63) is 83.4 Å². The fourth-order valence-electron chi connectivity index (χ4n) is 3.78. The van der Waals surface area contributed by atoms with E-state index in [0.717, 1.165) is 22.8 Å². The molecule has 1 N–H and O–H groups in total. The normalized spacial score (nSPS) is 13.9. The van der Waals surface area contributed by atoms with Crippen LogP contribution in [0.2, 0.25) is 0 Å². The van der Waals surface area contributed by atoms with Crippen LogP contribution in [0, 0.1) is 0 Å². The molecule has 3 aromatic rings. The number of halogens is 1. The Morgan fingerprint density at radius 1 is 0.824 bits per heavy atom. The Balaban J connectivity index is 0.00000408. The monoisotopic (exact) mass is 534 g/mol. The number of methoxy groups -OCH3 is 4. The molecular weight excluding hydrogens is 500 g/mol. The number of nitrogens with zero attached hydrogens (tertiary/aromatic N) is 3. The second kappa shape index (κ2) is 13.6. The van der Waals surface area contributed by atoms with Crippen molar-refractivity contribution < 1.29 is 40.6 Å². The fourth-order valence-corrected chi connectivity index (χ4v) is 3.78. The molecule has 3 atom stereocenters. The molecule has 8 nitrogen and oxygen atoms in total. The number of nitrogens with one attached hydrogen (secondary N) is 1. The highest BCUT2D eigenvalue weighted by Gasteiger charge is 2.36. The summed E-state index contributed by atoms with van der Waals surface area (Å²) in [6.45, 7) is 4.56. The molecule has 0 aliphatic carbocycles. The van der Waals surface area contributed by atoms with Gasteiger partial charge in [0.15, 0.2) is 12.4 Å². The van der Waals surface area contributed by atoms with Crippen LogP contribution in [0.15, 0.2) is 60.7 Å². The molecule has 3 rings (SSSR count). The Morgan fingerprint density at radius 2 is 1.38 bits per heavy atom. The summed E-state index contributed by atoms with van der Waals surface area (Å²) in [6.07, 6.45) is -1.04. The minimum Gasteiger partial charge on any atom is -1.00 e. The largest absolute Gasteiger partial charge is 1.00 e. The lowest BCUT2D eigenvalue weighted by Gasteiger charge is -2.26. The predicted molar refractivity (Wildman–Crippen MR) is 125 cm³/mol. The van der Waals surface area contributed by atoms with E-state index in [2.05, 4.69) is 17.6 Å². The lowest BCUT2D eigenvalue weighted by molar-refractivity contribution is -0.754. The van der Waals surface area contributed by atoms with E-state index in [0.29, 0.717) is 6.54 Å². The van der Waals surface area contributed by atoms with Crippen molar-refractivity contribution in [1.82, 2.24) is 9.77 Å². The zero-order valence-electron chi connectivity index (χ0n) is 20.6. The van der Waals surface area contributed by atoms with Gasteiger partial charge in [-0.25, -0.2) is 5.43 Å². The van der Waals surface area contributed by atoms with Crippen molar-refractivity contribution in [2.45, 2.75) is 44.9 Å². The second-order valence-electron chi connectivity index (χ2n) is 7.81. The molecule has 9 heteroatoms. The third-order valence-corrected chi connectivity index (χ3v) is 5.72. The standard InChI is InChI=1S/C25H35N4O4.BrH/c1-18(30-3)23-27-28(17-20-13-9-7-10-14-20)24(19(2)31-4)29(23)26-22(25(32-5)33-6)21-15-11-8-12-16-21;/h7-16,18-19,22,25-26H,17H2,1-6H3;1H/q+1;/p-1/t18-,19-,22+;/m0./s1. The number of hydrogen-bond acceptors (Lipinski definition) is 6. The topological polar surface area (TPSA) is 70.7 Å². The van der Waals surface area contributed by atoms with Crippen LogP contribution < -0.4 is 27.1 Å². The van der Waals surface area contributed by atoms with Crippen LogP contribution in [0.25, 0.3) is 0 Å². The Hall–Kier alpha value is -2.30. The summed E-state index contributed by atoms with van der Waals surface area (Å²) in [7, 11) is 6.63. The van der Waals surface area contributed by atoms with Gasteiger partial charge in [-0.2, -0.15) is 0 Å². The lowest BCUT2D eigenvalue weighted by atomic mass is 10.1. The number of aromatic nitrogens is 3.